The second-order valence-corrected chi connectivity index (χ2v) is 3.57. The van der Waals surface area contributed by atoms with Gasteiger partial charge in [-0.25, -0.2) is 0 Å². The van der Waals surface area contributed by atoms with E-state index in [1.807, 2.05) is 24.7 Å². The largest absolute Gasteiger partial charge is 0.299 e. The zero-order chi connectivity index (χ0) is 10.6. The van der Waals surface area contributed by atoms with Crippen LogP contribution in [0.1, 0.15) is 38.1 Å². The van der Waals surface area contributed by atoms with Crippen molar-refractivity contribution in [2.24, 2.45) is 7.05 Å². The van der Waals surface area contributed by atoms with Gasteiger partial charge in [-0.15, -0.1) is 0 Å². The molecule has 0 fully saturated rings. The molecule has 0 atom stereocenters. The van der Waals surface area contributed by atoms with Gasteiger partial charge in [0.2, 0.25) is 0 Å². The molecule has 3 nitrogen and oxygen atoms in total. The Kier molecular flexibility index (Phi) is 3.86. The molecule has 1 aromatic heterocycles. The van der Waals surface area contributed by atoms with E-state index in [4.69, 9.17) is 0 Å². The van der Waals surface area contributed by atoms with Crippen molar-refractivity contribution in [1.29, 1.82) is 0 Å². The second-order valence-electron chi connectivity index (χ2n) is 3.57. The summed E-state index contributed by atoms with van der Waals surface area (Å²) in [5.74, 6) is 0.304. The molecule has 0 spiro atoms. The average Bonchev–Trinajstić information content (AvgIpc) is 2.48. The number of carbonyl (C=O) groups is 1. The Morgan fingerprint density at radius 3 is 2.71 bits per heavy atom. The molecular formula is C11H18N2O. The van der Waals surface area contributed by atoms with Crippen LogP contribution >= 0.6 is 0 Å². The molecule has 0 aliphatic carbocycles. The second kappa shape index (κ2) is 4.94. The molecule has 0 amide bonds. The zero-order valence-electron chi connectivity index (χ0n) is 9.21. The number of hydrogen-bond donors (Lipinski definition) is 0. The molecule has 0 N–H and O–H groups in total. The SMILES string of the molecule is CCCC(=O)Cc1cc(CC)nn1C. The number of nitrogens with zero attached hydrogens (tertiary/aromatic N) is 2. The van der Waals surface area contributed by atoms with Gasteiger partial charge in [0.05, 0.1) is 5.69 Å². The van der Waals surface area contributed by atoms with Crippen molar-refractivity contribution in [3.05, 3.63) is 17.5 Å². The number of Topliss-reactive ketones (excluding diaryl/α,β-unsaturated/α-hetero) is 1. The van der Waals surface area contributed by atoms with E-state index < -0.39 is 0 Å². The standard InChI is InChI=1S/C11H18N2O/c1-4-6-11(14)8-10-7-9(5-2)12-13(10)3/h7H,4-6,8H2,1-3H3. The minimum atomic E-state index is 0.304. The lowest BCUT2D eigenvalue weighted by Crippen LogP contribution is -2.06. The van der Waals surface area contributed by atoms with E-state index in [1.165, 1.54) is 0 Å². The van der Waals surface area contributed by atoms with E-state index in [2.05, 4.69) is 12.0 Å². The van der Waals surface area contributed by atoms with E-state index in [-0.39, 0.29) is 0 Å². The van der Waals surface area contributed by atoms with Crippen LogP contribution in [0.4, 0.5) is 0 Å². The van der Waals surface area contributed by atoms with Gasteiger partial charge in [-0.05, 0) is 18.9 Å². The fraction of sp³-hybridized carbons (Fsp3) is 0.636. The predicted molar refractivity (Wildman–Crippen MR) is 56.2 cm³/mol. The summed E-state index contributed by atoms with van der Waals surface area (Å²) in [5.41, 5.74) is 2.09. The number of rotatable bonds is 5. The Bertz CT molecular complexity index is 315. The summed E-state index contributed by atoms with van der Waals surface area (Å²) >= 11 is 0. The molecule has 0 saturated carbocycles. The summed E-state index contributed by atoms with van der Waals surface area (Å²) in [4.78, 5) is 11.4. The highest BCUT2D eigenvalue weighted by Crippen LogP contribution is 2.06. The summed E-state index contributed by atoms with van der Waals surface area (Å²) in [5, 5.41) is 4.31. The molecule has 1 aromatic rings. The highest BCUT2D eigenvalue weighted by atomic mass is 16.1. The van der Waals surface area contributed by atoms with Crippen molar-refractivity contribution < 1.29 is 4.79 Å². The van der Waals surface area contributed by atoms with Gasteiger partial charge in [-0.3, -0.25) is 9.48 Å². The summed E-state index contributed by atoms with van der Waals surface area (Å²) in [6.45, 7) is 4.10. The molecule has 14 heavy (non-hydrogen) atoms. The van der Waals surface area contributed by atoms with E-state index in [1.54, 1.807) is 0 Å². The van der Waals surface area contributed by atoms with E-state index in [9.17, 15) is 4.79 Å². The summed E-state index contributed by atoms with van der Waals surface area (Å²) in [6.07, 6.45) is 3.05. The monoisotopic (exact) mass is 194 g/mol. The van der Waals surface area contributed by atoms with E-state index in [0.29, 0.717) is 18.6 Å². The van der Waals surface area contributed by atoms with Gasteiger partial charge < -0.3 is 0 Å². The van der Waals surface area contributed by atoms with Crippen LogP contribution in [-0.2, 0) is 24.7 Å². The van der Waals surface area contributed by atoms with Gasteiger partial charge in [0.1, 0.15) is 5.78 Å². The first-order valence-corrected chi connectivity index (χ1v) is 5.20. The van der Waals surface area contributed by atoms with Gasteiger partial charge in [-0.2, -0.15) is 5.10 Å². The fourth-order valence-electron chi connectivity index (χ4n) is 1.48. The third kappa shape index (κ3) is 2.69. The van der Waals surface area contributed by atoms with Gasteiger partial charge in [0.15, 0.2) is 0 Å². The zero-order valence-corrected chi connectivity index (χ0v) is 9.21. The molecule has 0 aliphatic rings. The molecule has 0 bridgehead atoms. The van der Waals surface area contributed by atoms with Gasteiger partial charge in [0, 0.05) is 25.6 Å². The lowest BCUT2D eigenvalue weighted by molar-refractivity contribution is -0.118. The first-order chi connectivity index (χ1) is 6.67. The first-order valence-electron chi connectivity index (χ1n) is 5.20. The number of hydrogen-bond acceptors (Lipinski definition) is 2. The lowest BCUT2D eigenvalue weighted by Gasteiger charge is -1.99. The fourth-order valence-corrected chi connectivity index (χ4v) is 1.48. The summed E-state index contributed by atoms with van der Waals surface area (Å²) in [6, 6.07) is 2.02. The lowest BCUT2D eigenvalue weighted by atomic mass is 10.1. The molecule has 0 aromatic carbocycles. The normalized spacial score (nSPS) is 10.5. The number of aryl methyl sites for hydroxylation is 2. The minimum Gasteiger partial charge on any atom is -0.299 e. The molecule has 3 heteroatoms. The van der Waals surface area contributed by atoms with E-state index in [0.717, 1.165) is 24.2 Å². The highest BCUT2D eigenvalue weighted by Gasteiger charge is 2.08. The highest BCUT2D eigenvalue weighted by molar-refractivity contribution is 5.80. The van der Waals surface area contributed by atoms with Crippen molar-refractivity contribution in [1.82, 2.24) is 9.78 Å². The van der Waals surface area contributed by atoms with Crippen LogP contribution in [0.15, 0.2) is 6.07 Å². The van der Waals surface area contributed by atoms with Crippen molar-refractivity contribution in [2.75, 3.05) is 0 Å². The van der Waals surface area contributed by atoms with Crippen molar-refractivity contribution in [3.8, 4) is 0 Å². The average molecular weight is 194 g/mol. The minimum absolute atomic E-state index is 0.304. The number of aromatic nitrogens is 2. The molecule has 1 rings (SSSR count). The van der Waals surface area contributed by atoms with Crippen LogP contribution in [-0.4, -0.2) is 15.6 Å². The van der Waals surface area contributed by atoms with Crippen LogP contribution in [0.2, 0.25) is 0 Å². The van der Waals surface area contributed by atoms with Gasteiger partial charge in [0.25, 0.3) is 0 Å². The molecule has 78 valence electrons. The Labute approximate surface area is 85.1 Å². The smallest absolute Gasteiger partial charge is 0.138 e. The predicted octanol–water partition coefficient (Wildman–Crippen LogP) is 1.89. The number of ketones is 1. The maximum absolute atomic E-state index is 11.4. The number of carbonyl (C=O) groups excluding carboxylic acids is 1. The van der Waals surface area contributed by atoms with E-state index >= 15 is 0 Å². The maximum Gasteiger partial charge on any atom is 0.138 e. The molecule has 1 heterocycles. The Morgan fingerprint density at radius 2 is 2.21 bits per heavy atom. The topological polar surface area (TPSA) is 34.9 Å². The van der Waals surface area contributed by atoms with Crippen molar-refractivity contribution in [2.45, 2.75) is 39.5 Å². The summed E-state index contributed by atoms with van der Waals surface area (Å²) in [7, 11) is 1.90. The van der Waals surface area contributed by atoms with Gasteiger partial charge >= 0.3 is 0 Å². The van der Waals surface area contributed by atoms with Crippen LogP contribution in [0.5, 0.6) is 0 Å². The third-order valence-corrected chi connectivity index (χ3v) is 2.30. The van der Waals surface area contributed by atoms with Crippen LogP contribution in [0.25, 0.3) is 0 Å². The first kappa shape index (κ1) is 11.0. The molecule has 0 radical (unpaired) electrons. The van der Waals surface area contributed by atoms with Crippen LogP contribution < -0.4 is 0 Å². The van der Waals surface area contributed by atoms with Crippen LogP contribution in [0, 0.1) is 0 Å². The Morgan fingerprint density at radius 1 is 1.50 bits per heavy atom. The van der Waals surface area contributed by atoms with Crippen LogP contribution in [0.3, 0.4) is 0 Å². The third-order valence-electron chi connectivity index (χ3n) is 2.30. The molecule has 0 unspecified atom stereocenters. The molecular weight excluding hydrogens is 176 g/mol. The van der Waals surface area contributed by atoms with Crippen molar-refractivity contribution in [3.63, 3.8) is 0 Å². The van der Waals surface area contributed by atoms with Crippen molar-refractivity contribution >= 4 is 5.78 Å². The van der Waals surface area contributed by atoms with Gasteiger partial charge in [-0.1, -0.05) is 13.8 Å². The Balaban J connectivity index is 2.66. The molecule has 0 aliphatic heterocycles. The Hall–Kier alpha value is -1.12. The summed E-state index contributed by atoms with van der Waals surface area (Å²) < 4.78 is 1.81. The maximum atomic E-state index is 11.4. The molecule has 0 saturated heterocycles. The quantitative estimate of drug-likeness (QED) is 0.717.